The standard InChI is InChI=1S/C22H24N2S/c1-3-7-20(8-4-1)24-22(17-15-18-11-12-19(16-17)23-18)13-14-25(24)21-9-5-2-6-10-21/h1-10,13-14,17-19,23H,11-12,15-16H2. The van der Waals surface area contributed by atoms with Gasteiger partial charge in [-0.3, -0.25) is 4.31 Å². The van der Waals surface area contributed by atoms with Crippen LogP contribution in [0.5, 0.6) is 0 Å². The number of nitrogens with one attached hydrogen (secondary N) is 1. The van der Waals surface area contributed by atoms with Gasteiger partial charge >= 0.3 is 0 Å². The van der Waals surface area contributed by atoms with Crippen molar-refractivity contribution < 1.29 is 0 Å². The van der Waals surface area contributed by atoms with Crippen LogP contribution in [0, 0.1) is 5.92 Å². The van der Waals surface area contributed by atoms with Crippen molar-refractivity contribution in [3.8, 4) is 0 Å². The number of para-hydroxylation sites is 1. The van der Waals surface area contributed by atoms with Gasteiger partial charge in [0.2, 0.25) is 0 Å². The third-order valence-corrected chi connectivity index (χ3v) is 7.63. The summed E-state index contributed by atoms with van der Waals surface area (Å²) in [5.41, 5.74) is 2.84. The average Bonchev–Trinajstić information content (AvgIpc) is 3.26. The first-order chi connectivity index (χ1) is 12.4. The van der Waals surface area contributed by atoms with Crippen LogP contribution in [0.25, 0.3) is 0 Å². The second kappa shape index (κ2) is 6.47. The fourth-order valence-corrected chi connectivity index (χ4v) is 6.53. The molecule has 2 fully saturated rings. The molecule has 2 aromatic carbocycles. The van der Waals surface area contributed by atoms with Crippen molar-refractivity contribution in [3.63, 3.8) is 0 Å². The Balaban J connectivity index is 1.51. The molecule has 2 saturated heterocycles. The van der Waals surface area contributed by atoms with Gasteiger partial charge in [-0.25, -0.2) is 0 Å². The van der Waals surface area contributed by atoms with Crippen molar-refractivity contribution in [2.45, 2.75) is 42.7 Å². The van der Waals surface area contributed by atoms with Crippen LogP contribution in [-0.4, -0.2) is 17.5 Å². The predicted molar refractivity (Wildman–Crippen MR) is 108 cm³/mol. The van der Waals surface area contributed by atoms with Crippen molar-refractivity contribution in [3.05, 3.63) is 72.4 Å². The van der Waals surface area contributed by atoms with Gasteiger partial charge < -0.3 is 5.32 Å². The number of rotatable bonds is 3. The minimum Gasteiger partial charge on any atom is -0.311 e. The zero-order chi connectivity index (χ0) is 16.6. The molecule has 3 heteroatoms. The SMILES string of the molecule is C1=C(C2CC3CCC(C2)N3)N(c2ccccc2)S(c2ccccc2)=C1. The largest absolute Gasteiger partial charge is 0.311 e. The van der Waals surface area contributed by atoms with Gasteiger partial charge in [0.25, 0.3) is 0 Å². The van der Waals surface area contributed by atoms with Crippen LogP contribution < -0.4 is 9.62 Å². The summed E-state index contributed by atoms with van der Waals surface area (Å²) < 4.78 is 2.60. The summed E-state index contributed by atoms with van der Waals surface area (Å²) in [5, 5.41) is 6.21. The van der Waals surface area contributed by atoms with Gasteiger partial charge in [0.1, 0.15) is 0 Å². The Morgan fingerprint density at radius 2 is 1.48 bits per heavy atom. The Hall–Kier alpha value is -1.84. The molecule has 128 valence electrons. The fourth-order valence-electron chi connectivity index (χ4n) is 4.55. The summed E-state index contributed by atoms with van der Waals surface area (Å²) in [7, 11) is -0.0179. The molecule has 3 aliphatic rings. The molecule has 3 aliphatic heterocycles. The average molecular weight is 349 g/mol. The van der Waals surface area contributed by atoms with Gasteiger partial charge in [-0.2, -0.15) is 0 Å². The maximum Gasteiger partial charge on any atom is 0.0519 e. The van der Waals surface area contributed by atoms with E-state index >= 15 is 0 Å². The monoisotopic (exact) mass is 348 g/mol. The Labute approximate surface area is 152 Å². The highest BCUT2D eigenvalue weighted by Gasteiger charge is 2.38. The van der Waals surface area contributed by atoms with E-state index in [4.69, 9.17) is 0 Å². The molecule has 2 nitrogen and oxygen atoms in total. The first-order valence-corrected chi connectivity index (χ1v) is 10.6. The van der Waals surface area contributed by atoms with Crippen molar-refractivity contribution in [2.75, 3.05) is 4.31 Å². The summed E-state index contributed by atoms with van der Waals surface area (Å²) in [6.45, 7) is 0. The van der Waals surface area contributed by atoms with E-state index in [1.54, 1.807) is 0 Å². The number of piperidine rings is 1. The molecule has 0 saturated carbocycles. The van der Waals surface area contributed by atoms with Gasteiger partial charge in [0.05, 0.1) is 5.69 Å². The molecule has 5 rings (SSSR count). The third-order valence-electron chi connectivity index (χ3n) is 5.67. The topological polar surface area (TPSA) is 15.3 Å². The zero-order valence-electron chi connectivity index (χ0n) is 14.3. The highest BCUT2D eigenvalue weighted by molar-refractivity contribution is 8.16. The molecule has 0 aromatic heterocycles. The molecule has 3 unspecified atom stereocenters. The summed E-state index contributed by atoms with van der Waals surface area (Å²) in [4.78, 5) is 1.40. The highest BCUT2D eigenvalue weighted by atomic mass is 32.2. The van der Waals surface area contributed by atoms with Crippen molar-refractivity contribution in [1.29, 1.82) is 0 Å². The highest BCUT2D eigenvalue weighted by Crippen LogP contribution is 2.47. The maximum absolute atomic E-state index is 3.79. The predicted octanol–water partition coefficient (Wildman–Crippen LogP) is 4.97. The van der Waals surface area contributed by atoms with E-state index in [0.717, 1.165) is 12.1 Å². The lowest BCUT2D eigenvalue weighted by molar-refractivity contribution is 0.332. The van der Waals surface area contributed by atoms with E-state index in [9.17, 15) is 0 Å². The van der Waals surface area contributed by atoms with E-state index in [1.165, 1.54) is 42.0 Å². The molecule has 25 heavy (non-hydrogen) atoms. The molecule has 3 heterocycles. The van der Waals surface area contributed by atoms with E-state index in [-0.39, 0.29) is 10.7 Å². The Morgan fingerprint density at radius 3 is 2.16 bits per heavy atom. The van der Waals surface area contributed by atoms with Crippen molar-refractivity contribution >= 4 is 21.7 Å². The van der Waals surface area contributed by atoms with Gasteiger partial charge in [-0.1, -0.05) is 47.1 Å². The molecule has 0 aliphatic carbocycles. The van der Waals surface area contributed by atoms with Crippen LogP contribution >= 0.6 is 10.7 Å². The molecule has 3 atom stereocenters. The molecule has 0 radical (unpaired) electrons. The Kier molecular flexibility index (Phi) is 3.99. The number of nitrogens with zero attached hydrogens (tertiary/aromatic N) is 1. The van der Waals surface area contributed by atoms with Crippen LogP contribution in [0.15, 0.2) is 77.3 Å². The quantitative estimate of drug-likeness (QED) is 0.788. The van der Waals surface area contributed by atoms with Crippen molar-refractivity contribution in [2.24, 2.45) is 5.92 Å². The van der Waals surface area contributed by atoms with Crippen LogP contribution in [0.3, 0.4) is 0 Å². The van der Waals surface area contributed by atoms with E-state index in [1.807, 2.05) is 0 Å². The normalized spacial score (nSPS) is 30.9. The second-order valence-electron chi connectivity index (χ2n) is 7.29. The number of benzene rings is 2. The lowest BCUT2D eigenvalue weighted by Crippen LogP contribution is -2.40. The minimum absolute atomic E-state index is 0.0179. The van der Waals surface area contributed by atoms with Gasteiger partial charge in [-0.15, -0.1) is 0 Å². The minimum atomic E-state index is -0.0179. The summed E-state index contributed by atoms with van der Waals surface area (Å²) >= 11 is 0. The summed E-state index contributed by atoms with van der Waals surface area (Å²) in [6.07, 6.45) is 7.69. The molecule has 0 amide bonds. The number of anilines is 1. The Morgan fingerprint density at radius 1 is 0.840 bits per heavy atom. The molecule has 0 spiro atoms. The molecular weight excluding hydrogens is 324 g/mol. The fraction of sp³-hybridized carbons (Fsp3) is 0.318. The molecular formula is C22H24N2S. The second-order valence-corrected chi connectivity index (χ2v) is 9.03. The smallest absolute Gasteiger partial charge is 0.0519 e. The van der Waals surface area contributed by atoms with Crippen LogP contribution in [-0.2, 0) is 0 Å². The molecule has 2 bridgehead atoms. The lowest BCUT2D eigenvalue weighted by Gasteiger charge is -2.36. The van der Waals surface area contributed by atoms with Crippen molar-refractivity contribution in [1.82, 2.24) is 5.32 Å². The molecule has 2 aromatic rings. The van der Waals surface area contributed by atoms with E-state index in [2.05, 4.69) is 81.7 Å². The van der Waals surface area contributed by atoms with Gasteiger partial charge in [-0.05, 0) is 61.4 Å². The van der Waals surface area contributed by atoms with Crippen LogP contribution in [0.2, 0.25) is 0 Å². The van der Waals surface area contributed by atoms with Gasteiger partial charge in [0, 0.05) is 28.6 Å². The third kappa shape index (κ3) is 2.86. The number of fused-ring (bicyclic) bond motifs is 2. The van der Waals surface area contributed by atoms with Crippen LogP contribution in [0.1, 0.15) is 25.7 Å². The number of hydrogen-bond donors (Lipinski definition) is 1. The molecule has 1 N–H and O–H groups in total. The Bertz CT molecular complexity index is 800. The van der Waals surface area contributed by atoms with Gasteiger partial charge in [0.15, 0.2) is 0 Å². The first kappa shape index (κ1) is 15.4. The van der Waals surface area contributed by atoms with Crippen LogP contribution in [0.4, 0.5) is 5.69 Å². The number of allylic oxidation sites excluding steroid dienone is 2. The van der Waals surface area contributed by atoms with E-state index < -0.39 is 0 Å². The first-order valence-electron chi connectivity index (χ1n) is 9.33. The summed E-state index contributed by atoms with van der Waals surface area (Å²) in [5.74, 6) is 0.677. The maximum atomic E-state index is 3.79. The zero-order valence-corrected chi connectivity index (χ0v) is 15.2. The lowest BCUT2D eigenvalue weighted by atomic mass is 9.89. The summed E-state index contributed by atoms with van der Waals surface area (Å²) in [6, 6.07) is 23.3. The number of hydrogen-bond acceptors (Lipinski definition) is 2. The van der Waals surface area contributed by atoms with E-state index in [0.29, 0.717) is 5.92 Å².